The Morgan fingerprint density at radius 1 is 0.857 bits per heavy atom. The molecule has 0 aliphatic carbocycles. The van der Waals surface area contributed by atoms with Crippen molar-refractivity contribution in [3.8, 4) is 0 Å². The average molecular weight is 388 g/mol. The summed E-state index contributed by atoms with van der Waals surface area (Å²) in [6.45, 7) is -0.785. The predicted octanol–water partition coefficient (Wildman–Crippen LogP) is 0.311. The largest absolute Gasteiger partial charge is 0.449 e. The second kappa shape index (κ2) is 10.7. The third kappa shape index (κ3) is 5.98. The van der Waals surface area contributed by atoms with E-state index in [4.69, 9.17) is 9.84 Å². The number of aliphatic hydroxyl groups is 5. The second-order valence-corrected chi connectivity index (χ2v) is 6.22. The normalized spacial score (nSPS) is 15.9. The van der Waals surface area contributed by atoms with Crippen LogP contribution in [-0.4, -0.2) is 62.5 Å². The van der Waals surface area contributed by atoms with Gasteiger partial charge in [-0.1, -0.05) is 60.7 Å². The molecule has 0 aliphatic rings. The summed E-state index contributed by atoms with van der Waals surface area (Å²) in [5.41, 5.74) is 1.52. The first-order valence-corrected chi connectivity index (χ1v) is 8.76. The van der Waals surface area contributed by atoms with Crippen molar-refractivity contribution >= 4 is 5.97 Å². The lowest BCUT2D eigenvalue weighted by Gasteiger charge is -2.23. The van der Waals surface area contributed by atoms with E-state index < -0.39 is 43.1 Å². The molecule has 2 rings (SSSR count). The van der Waals surface area contributed by atoms with Gasteiger partial charge >= 0.3 is 5.97 Å². The monoisotopic (exact) mass is 388 g/mol. The summed E-state index contributed by atoms with van der Waals surface area (Å²) in [6, 6.07) is 18.3. The van der Waals surface area contributed by atoms with Crippen LogP contribution in [0.25, 0.3) is 0 Å². The fraction of sp³-hybridized carbons (Fsp3) is 0.286. The minimum atomic E-state index is -1.79. The first-order chi connectivity index (χ1) is 13.4. The standard InChI is InChI=1S/C21H24O7/c22-13-17(24)20(27)19(26)16(23)11-12-18(25)28-21(14-7-3-1-4-8-14)15-9-5-2-6-10-15/h1-12,16-17,19-24,26-27H,13H2/b12-11+/t16-,17+,19+,20+/m0/s1. The smallest absolute Gasteiger partial charge is 0.331 e. The van der Waals surface area contributed by atoms with Crippen molar-refractivity contribution in [2.24, 2.45) is 0 Å². The number of aliphatic hydroxyl groups excluding tert-OH is 5. The van der Waals surface area contributed by atoms with Crippen LogP contribution in [0.2, 0.25) is 0 Å². The molecule has 2 aromatic rings. The molecule has 28 heavy (non-hydrogen) atoms. The SMILES string of the molecule is O=C(/C=C/[C@H](O)[C@@H](O)[C@H](O)[C@H](O)CO)OC(c1ccccc1)c1ccccc1. The molecule has 0 saturated heterocycles. The van der Waals surface area contributed by atoms with Crippen LogP contribution >= 0.6 is 0 Å². The Morgan fingerprint density at radius 3 is 1.82 bits per heavy atom. The van der Waals surface area contributed by atoms with Crippen molar-refractivity contribution in [1.82, 2.24) is 0 Å². The third-order valence-electron chi connectivity index (χ3n) is 4.15. The number of esters is 1. The van der Waals surface area contributed by atoms with E-state index >= 15 is 0 Å². The number of carbonyl (C=O) groups excluding carboxylic acids is 1. The first-order valence-electron chi connectivity index (χ1n) is 8.76. The molecule has 0 bridgehead atoms. The molecule has 4 atom stereocenters. The summed E-state index contributed by atoms with van der Waals surface area (Å²) in [5.74, 6) is -0.763. The molecule has 0 unspecified atom stereocenters. The van der Waals surface area contributed by atoms with E-state index in [1.54, 1.807) is 0 Å². The van der Waals surface area contributed by atoms with Crippen LogP contribution in [0.4, 0.5) is 0 Å². The Hall–Kier alpha value is -2.55. The Balaban J connectivity index is 2.08. The van der Waals surface area contributed by atoms with Gasteiger partial charge in [0.2, 0.25) is 0 Å². The average Bonchev–Trinajstić information content (AvgIpc) is 2.75. The van der Waals surface area contributed by atoms with Gasteiger partial charge in [0.1, 0.15) is 24.4 Å². The highest BCUT2D eigenvalue weighted by Gasteiger charge is 2.29. The van der Waals surface area contributed by atoms with E-state index in [1.807, 2.05) is 60.7 Å². The van der Waals surface area contributed by atoms with E-state index in [-0.39, 0.29) is 0 Å². The molecule has 0 saturated carbocycles. The van der Waals surface area contributed by atoms with Gasteiger partial charge in [-0.3, -0.25) is 0 Å². The van der Waals surface area contributed by atoms with Crippen molar-refractivity contribution in [2.45, 2.75) is 30.5 Å². The van der Waals surface area contributed by atoms with E-state index in [0.717, 1.165) is 23.3 Å². The number of ether oxygens (including phenoxy) is 1. The van der Waals surface area contributed by atoms with Gasteiger partial charge in [-0.05, 0) is 17.2 Å². The second-order valence-electron chi connectivity index (χ2n) is 6.22. The molecule has 0 fully saturated rings. The molecule has 0 aromatic heterocycles. The topological polar surface area (TPSA) is 127 Å². The summed E-state index contributed by atoms with van der Waals surface area (Å²) < 4.78 is 5.51. The number of hydrogen-bond acceptors (Lipinski definition) is 7. The van der Waals surface area contributed by atoms with Gasteiger partial charge in [-0.15, -0.1) is 0 Å². The van der Waals surface area contributed by atoms with Gasteiger partial charge in [-0.25, -0.2) is 4.79 Å². The zero-order chi connectivity index (χ0) is 20.5. The summed E-state index contributed by atoms with van der Waals surface area (Å²) in [7, 11) is 0. The summed E-state index contributed by atoms with van der Waals surface area (Å²) >= 11 is 0. The Bertz CT molecular complexity index is 708. The van der Waals surface area contributed by atoms with Crippen LogP contribution in [-0.2, 0) is 9.53 Å². The Morgan fingerprint density at radius 2 is 1.36 bits per heavy atom. The lowest BCUT2D eigenvalue weighted by atomic mass is 10.0. The molecule has 7 heteroatoms. The summed E-state index contributed by atoms with van der Waals surface area (Å²) in [6.07, 6.45) is -5.60. The lowest BCUT2D eigenvalue weighted by molar-refractivity contribution is -0.141. The van der Waals surface area contributed by atoms with E-state index in [1.165, 1.54) is 0 Å². The fourth-order valence-corrected chi connectivity index (χ4v) is 2.57. The van der Waals surface area contributed by atoms with Crippen molar-refractivity contribution in [3.05, 3.63) is 83.9 Å². The molecule has 0 radical (unpaired) electrons. The number of carbonyl (C=O) groups is 1. The molecule has 0 aliphatic heterocycles. The van der Waals surface area contributed by atoms with Crippen LogP contribution in [0.3, 0.4) is 0 Å². The highest BCUT2D eigenvalue weighted by molar-refractivity contribution is 5.82. The number of hydrogen-bond donors (Lipinski definition) is 5. The van der Waals surface area contributed by atoms with Crippen LogP contribution in [0.5, 0.6) is 0 Å². The number of rotatable bonds is 9. The summed E-state index contributed by atoms with van der Waals surface area (Å²) in [5, 5.41) is 47.3. The third-order valence-corrected chi connectivity index (χ3v) is 4.15. The maximum atomic E-state index is 12.2. The van der Waals surface area contributed by atoms with Crippen molar-refractivity contribution in [2.75, 3.05) is 6.61 Å². The highest BCUT2D eigenvalue weighted by atomic mass is 16.5. The van der Waals surface area contributed by atoms with Gasteiger partial charge < -0.3 is 30.3 Å². The maximum Gasteiger partial charge on any atom is 0.331 e. The van der Waals surface area contributed by atoms with Crippen LogP contribution in [0.15, 0.2) is 72.8 Å². The Labute approximate surface area is 162 Å². The van der Waals surface area contributed by atoms with Crippen molar-refractivity contribution in [1.29, 1.82) is 0 Å². The van der Waals surface area contributed by atoms with Crippen molar-refractivity contribution < 1.29 is 35.1 Å². The van der Waals surface area contributed by atoms with Crippen molar-refractivity contribution in [3.63, 3.8) is 0 Å². The molecule has 5 N–H and O–H groups in total. The maximum absolute atomic E-state index is 12.2. The zero-order valence-electron chi connectivity index (χ0n) is 15.1. The van der Waals surface area contributed by atoms with Gasteiger partial charge in [-0.2, -0.15) is 0 Å². The van der Waals surface area contributed by atoms with Crippen LogP contribution in [0.1, 0.15) is 17.2 Å². The summed E-state index contributed by atoms with van der Waals surface area (Å²) in [4.78, 5) is 12.2. The number of benzene rings is 2. The zero-order valence-corrected chi connectivity index (χ0v) is 15.1. The minimum absolute atomic E-state index is 0.664. The van der Waals surface area contributed by atoms with E-state index in [9.17, 15) is 25.2 Å². The predicted molar refractivity (Wildman–Crippen MR) is 101 cm³/mol. The molecule has 0 heterocycles. The molecule has 150 valence electrons. The quantitative estimate of drug-likeness (QED) is 0.309. The highest BCUT2D eigenvalue weighted by Crippen LogP contribution is 2.26. The fourth-order valence-electron chi connectivity index (χ4n) is 2.57. The molecule has 0 spiro atoms. The molecule has 2 aromatic carbocycles. The first kappa shape index (κ1) is 21.7. The van der Waals surface area contributed by atoms with Crippen LogP contribution in [0, 0.1) is 0 Å². The van der Waals surface area contributed by atoms with Gasteiger partial charge in [0.25, 0.3) is 0 Å². The molecular weight excluding hydrogens is 364 g/mol. The Kier molecular flexibility index (Phi) is 8.31. The van der Waals surface area contributed by atoms with Crippen LogP contribution < -0.4 is 0 Å². The van der Waals surface area contributed by atoms with Gasteiger partial charge in [0.05, 0.1) is 6.61 Å². The van der Waals surface area contributed by atoms with Gasteiger partial charge in [0.15, 0.2) is 6.10 Å². The molecule has 0 amide bonds. The van der Waals surface area contributed by atoms with E-state index in [2.05, 4.69) is 0 Å². The minimum Gasteiger partial charge on any atom is -0.449 e. The molecule has 7 nitrogen and oxygen atoms in total. The lowest BCUT2D eigenvalue weighted by Crippen LogP contribution is -2.45. The van der Waals surface area contributed by atoms with Gasteiger partial charge in [0, 0.05) is 6.08 Å². The molecular formula is C21H24O7. The van der Waals surface area contributed by atoms with E-state index in [0.29, 0.717) is 0 Å².